The normalized spacial score (nSPS) is 11.8. The van der Waals surface area contributed by atoms with Gasteiger partial charge in [-0.3, -0.25) is 0 Å². The second-order valence-electron chi connectivity index (χ2n) is 7.91. The minimum absolute atomic E-state index is 0.590. The molecule has 0 atom stereocenters. The minimum Gasteiger partial charge on any atom is -0.413 e. The second kappa shape index (κ2) is 13.1. The second-order valence-corrected chi connectivity index (χ2v) is 14.1. The summed E-state index contributed by atoms with van der Waals surface area (Å²) in [4.78, 5) is 0. The van der Waals surface area contributed by atoms with Gasteiger partial charge in [-0.2, -0.15) is 0 Å². The van der Waals surface area contributed by atoms with Crippen LogP contribution in [0.3, 0.4) is 0 Å². The Morgan fingerprint density at radius 3 is 1.37 bits per heavy atom. The van der Waals surface area contributed by atoms with Crippen LogP contribution in [0.5, 0.6) is 11.5 Å². The zero-order valence-corrected chi connectivity index (χ0v) is 20.6. The molecule has 0 fully saturated rings. The highest BCUT2D eigenvalue weighted by atomic mass is 31.2. The van der Waals surface area contributed by atoms with Gasteiger partial charge >= 0.3 is 7.60 Å². The van der Waals surface area contributed by atoms with E-state index in [0.29, 0.717) is 11.5 Å². The molecule has 166 valence electrons. The third kappa shape index (κ3) is 8.37. The summed E-state index contributed by atoms with van der Waals surface area (Å²) in [5, 5.41) is 0. The summed E-state index contributed by atoms with van der Waals surface area (Å²) in [6, 6.07) is 18.8. The molecule has 2 aromatic rings. The molecule has 0 aliphatic rings. The molecule has 5 heteroatoms. The molecule has 2 aromatic carbocycles. The highest BCUT2D eigenvalue weighted by Crippen LogP contribution is 2.59. The van der Waals surface area contributed by atoms with Gasteiger partial charge in [0.05, 0.1) is 0 Å². The summed E-state index contributed by atoms with van der Waals surface area (Å²) in [6.07, 6.45) is 10.3. The lowest BCUT2D eigenvalue weighted by Gasteiger charge is -2.29. The monoisotopic (exact) mass is 448 g/mol. The fraction of sp³-hybridized carbons (Fsp3) is 0.480. The maximum absolute atomic E-state index is 14.2. The smallest absolute Gasteiger partial charge is 0.413 e. The molecule has 0 aliphatic heterocycles. The molecule has 0 unspecified atom stereocenters. The molecular formula is C25H38O3P2. The van der Waals surface area contributed by atoms with Crippen molar-refractivity contribution in [1.82, 2.24) is 0 Å². The highest BCUT2D eigenvalue weighted by Gasteiger charge is 2.31. The van der Waals surface area contributed by atoms with Gasteiger partial charge in [-0.1, -0.05) is 83.3 Å². The number of benzene rings is 2. The van der Waals surface area contributed by atoms with E-state index in [9.17, 15) is 4.57 Å². The number of rotatable bonds is 14. The summed E-state index contributed by atoms with van der Waals surface area (Å²) in [7, 11) is -3.48. The van der Waals surface area contributed by atoms with Crippen LogP contribution in [0.25, 0.3) is 0 Å². The third-order valence-electron chi connectivity index (χ3n) is 5.21. The van der Waals surface area contributed by atoms with E-state index in [1.54, 1.807) is 0 Å². The third-order valence-corrected chi connectivity index (χ3v) is 12.9. The number of hydrogen-bond acceptors (Lipinski definition) is 3. The average Bonchev–Trinajstić information content (AvgIpc) is 2.76. The molecule has 30 heavy (non-hydrogen) atoms. The van der Waals surface area contributed by atoms with Crippen molar-refractivity contribution in [2.24, 2.45) is 0 Å². The van der Waals surface area contributed by atoms with Gasteiger partial charge in [0, 0.05) is 5.54 Å². The number of para-hydroxylation sites is 2. The first-order chi connectivity index (χ1) is 14.5. The minimum atomic E-state index is -3.48. The molecule has 0 saturated heterocycles. The van der Waals surface area contributed by atoms with Gasteiger partial charge in [0.25, 0.3) is 0 Å². The van der Waals surface area contributed by atoms with Crippen LogP contribution in [-0.2, 0) is 4.57 Å². The van der Waals surface area contributed by atoms with Gasteiger partial charge in [-0.15, -0.1) is 0 Å². The maximum Gasteiger partial charge on any atom is 0.455 e. The first-order valence-electron chi connectivity index (χ1n) is 11.4. The Bertz CT molecular complexity index is 745. The van der Waals surface area contributed by atoms with Gasteiger partial charge in [0.15, 0.2) is 0 Å². The first-order valence-corrected chi connectivity index (χ1v) is 15.4. The van der Waals surface area contributed by atoms with Crippen LogP contribution in [-0.4, -0.2) is 24.0 Å². The van der Waals surface area contributed by atoms with E-state index >= 15 is 0 Å². The van der Waals surface area contributed by atoms with E-state index in [-0.39, 0.29) is 0 Å². The van der Waals surface area contributed by atoms with Crippen LogP contribution in [0, 0.1) is 0 Å². The van der Waals surface area contributed by atoms with Crippen molar-refractivity contribution in [3.63, 3.8) is 0 Å². The molecule has 0 aromatic heterocycles. The van der Waals surface area contributed by atoms with Gasteiger partial charge < -0.3 is 9.05 Å². The Morgan fingerprint density at radius 1 is 0.667 bits per heavy atom. The Kier molecular flexibility index (Phi) is 10.8. The molecular weight excluding hydrogens is 410 g/mol. The van der Waals surface area contributed by atoms with Crippen molar-refractivity contribution >= 4 is 20.0 Å². The zero-order chi connectivity index (χ0) is 21.7. The molecule has 0 saturated carbocycles. The van der Waals surface area contributed by atoms with E-state index in [1.807, 2.05) is 60.7 Å². The SMILES string of the molecule is CCCCP(=CP(=O)(Oc1ccccc1)Oc1ccccc1)(CCCC)CCCC. The van der Waals surface area contributed by atoms with Gasteiger partial charge in [-0.05, 0) is 62.0 Å². The van der Waals surface area contributed by atoms with Crippen molar-refractivity contribution in [2.75, 3.05) is 18.5 Å². The quantitative estimate of drug-likeness (QED) is 0.272. The summed E-state index contributed by atoms with van der Waals surface area (Å²) in [5.41, 5.74) is 2.07. The lowest BCUT2D eigenvalue weighted by molar-refractivity contribution is 0.404. The fourth-order valence-electron chi connectivity index (χ4n) is 3.55. The molecule has 0 spiro atoms. The van der Waals surface area contributed by atoms with Crippen LogP contribution in [0.15, 0.2) is 60.7 Å². The van der Waals surface area contributed by atoms with Crippen molar-refractivity contribution in [3.8, 4) is 11.5 Å². The average molecular weight is 449 g/mol. The Morgan fingerprint density at radius 2 is 1.03 bits per heavy atom. The standard InChI is InChI=1S/C25H38O3P2/c1-4-7-20-29(21-8-5-2,22-9-6-3)23-30(26,27-24-16-12-10-13-17-24)28-25-18-14-11-15-19-25/h10-19,23H,4-9,20-22H2,1-3H3. The first kappa shape index (κ1) is 24.8. The highest BCUT2D eigenvalue weighted by molar-refractivity contribution is 7.92. The topological polar surface area (TPSA) is 35.5 Å². The molecule has 0 N–H and O–H groups in total. The van der Waals surface area contributed by atoms with Crippen LogP contribution >= 0.6 is 14.5 Å². The van der Waals surface area contributed by atoms with Crippen molar-refractivity contribution < 1.29 is 13.6 Å². The predicted molar refractivity (Wildman–Crippen MR) is 134 cm³/mol. The molecule has 0 heterocycles. The summed E-state index contributed by atoms with van der Waals surface area (Å²) >= 11 is 0. The summed E-state index contributed by atoms with van der Waals surface area (Å²) in [5.74, 6) is 1.18. The Labute approximate surface area is 183 Å². The molecule has 0 bridgehead atoms. The van der Waals surface area contributed by atoms with Gasteiger partial charge in [0.1, 0.15) is 11.5 Å². The number of hydrogen-bond donors (Lipinski definition) is 0. The Balaban J connectivity index is 2.51. The van der Waals surface area contributed by atoms with E-state index in [0.717, 1.165) is 57.0 Å². The van der Waals surface area contributed by atoms with E-state index in [1.165, 1.54) is 0 Å². The van der Waals surface area contributed by atoms with Crippen LogP contribution < -0.4 is 9.05 Å². The van der Waals surface area contributed by atoms with Crippen molar-refractivity contribution in [3.05, 3.63) is 60.7 Å². The van der Waals surface area contributed by atoms with Crippen LogP contribution in [0.4, 0.5) is 0 Å². The molecule has 0 radical (unpaired) electrons. The largest absolute Gasteiger partial charge is 0.455 e. The lowest BCUT2D eigenvalue weighted by Crippen LogP contribution is -2.09. The van der Waals surface area contributed by atoms with E-state index in [2.05, 4.69) is 26.3 Å². The fourth-order valence-corrected chi connectivity index (χ4v) is 12.1. The summed E-state index contributed by atoms with van der Waals surface area (Å²) in [6.45, 7) is 5.11. The predicted octanol–water partition coefficient (Wildman–Crippen LogP) is 8.52. The Hall–Kier alpha value is -1.43. The molecule has 3 nitrogen and oxygen atoms in total. The van der Waals surface area contributed by atoms with Crippen molar-refractivity contribution in [1.29, 1.82) is 0 Å². The number of unbranched alkanes of at least 4 members (excludes halogenated alkanes) is 3. The summed E-state index contributed by atoms with van der Waals surface area (Å²) < 4.78 is 26.4. The van der Waals surface area contributed by atoms with Gasteiger partial charge in [-0.25, -0.2) is 4.57 Å². The van der Waals surface area contributed by atoms with E-state index in [4.69, 9.17) is 9.05 Å². The zero-order valence-electron chi connectivity index (χ0n) is 18.8. The maximum atomic E-state index is 14.2. The lowest BCUT2D eigenvalue weighted by atomic mass is 10.3. The van der Waals surface area contributed by atoms with Crippen LogP contribution in [0.1, 0.15) is 59.3 Å². The van der Waals surface area contributed by atoms with E-state index < -0.39 is 14.5 Å². The van der Waals surface area contributed by atoms with Crippen molar-refractivity contribution in [2.45, 2.75) is 59.3 Å². The molecule has 0 aliphatic carbocycles. The van der Waals surface area contributed by atoms with Crippen LogP contribution in [0.2, 0.25) is 0 Å². The van der Waals surface area contributed by atoms with Gasteiger partial charge in [0.2, 0.25) is 0 Å². The molecule has 0 amide bonds. The molecule has 2 rings (SSSR count).